The van der Waals surface area contributed by atoms with E-state index in [0.717, 1.165) is 5.56 Å². The van der Waals surface area contributed by atoms with Crippen LogP contribution in [-0.2, 0) is 6.54 Å². The van der Waals surface area contributed by atoms with Crippen LogP contribution in [0.25, 0.3) is 5.69 Å². The van der Waals surface area contributed by atoms with Crippen LogP contribution in [0.3, 0.4) is 0 Å². The zero-order valence-electron chi connectivity index (χ0n) is 7.39. The van der Waals surface area contributed by atoms with Crippen LogP contribution >= 0.6 is 0 Å². The molecule has 4 nitrogen and oxygen atoms in total. The molecule has 1 aromatic carbocycles. The minimum Gasteiger partial charge on any atom is -0.326 e. The lowest BCUT2D eigenvalue weighted by atomic mass is 10.2. The minimum absolute atomic E-state index is 0.318. The Morgan fingerprint density at radius 3 is 2.64 bits per heavy atom. The quantitative estimate of drug-likeness (QED) is 0.767. The molecule has 0 atom stereocenters. The van der Waals surface area contributed by atoms with Crippen LogP contribution < -0.4 is 5.73 Å². The van der Waals surface area contributed by atoms with E-state index < -0.39 is 0 Å². The minimum atomic E-state index is -0.363. The Balaban J connectivity index is 2.51. The SMILES string of the molecule is NCc1ccc(F)c(-n2nccn2)c1. The van der Waals surface area contributed by atoms with Crippen LogP contribution in [0.1, 0.15) is 5.56 Å². The van der Waals surface area contributed by atoms with Gasteiger partial charge < -0.3 is 5.73 Å². The first-order chi connectivity index (χ1) is 6.81. The predicted octanol–water partition coefficient (Wildman–Crippen LogP) is 0.865. The van der Waals surface area contributed by atoms with Gasteiger partial charge in [-0.25, -0.2) is 4.39 Å². The zero-order chi connectivity index (χ0) is 9.97. The molecular weight excluding hydrogens is 183 g/mol. The van der Waals surface area contributed by atoms with Crippen LogP contribution in [0.4, 0.5) is 4.39 Å². The average molecular weight is 192 g/mol. The van der Waals surface area contributed by atoms with Crippen molar-refractivity contribution in [3.8, 4) is 5.69 Å². The molecular formula is C9H9FN4. The molecule has 0 radical (unpaired) electrons. The molecule has 14 heavy (non-hydrogen) atoms. The third kappa shape index (κ3) is 1.49. The zero-order valence-corrected chi connectivity index (χ0v) is 7.39. The largest absolute Gasteiger partial charge is 0.326 e. The maximum Gasteiger partial charge on any atom is 0.150 e. The molecule has 0 bridgehead atoms. The molecule has 1 heterocycles. The molecule has 0 saturated carbocycles. The summed E-state index contributed by atoms with van der Waals surface area (Å²) in [6, 6.07) is 4.64. The highest BCUT2D eigenvalue weighted by atomic mass is 19.1. The van der Waals surface area contributed by atoms with Gasteiger partial charge in [0, 0.05) is 6.54 Å². The van der Waals surface area contributed by atoms with E-state index in [2.05, 4.69) is 10.2 Å². The molecule has 0 aliphatic carbocycles. The van der Waals surface area contributed by atoms with Gasteiger partial charge in [0.2, 0.25) is 0 Å². The van der Waals surface area contributed by atoms with E-state index in [-0.39, 0.29) is 5.82 Å². The molecule has 0 aliphatic rings. The molecule has 72 valence electrons. The molecule has 5 heteroatoms. The van der Waals surface area contributed by atoms with Gasteiger partial charge in [0.05, 0.1) is 12.4 Å². The van der Waals surface area contributed by atoms with E-state index in [1.165, 1.54) is 23.3 Å². The van der Waals surface area contributed by atoms with Crippen LogP contribution in [-0.4, -0.2) is 15.0 Å². The topological polar surface area (TPSA) is 56.7 Å². The Hall–Kier alpha value is -1.75. The van der Waals surface area contributed by atoms with Gasteiger partial charge >= 0.3 is 0 Å². The molecule has 0 amide bonds. The highest BCUT2D eigenvalue weighted by Gasteiger charge is 2.05. The van der Waals surface area contributed by atoms with E-state index in [4.69, 9.17) is 5.73 Å². The normalized spacial score (nSPS) is 10.4. The van der Waals surface area contributed by atoms with Crippen molar-refractivity contribution in [1.82, 2.24) is 15.0 Å². The molecule has 2 rings (SSSR count). The van der Waals surface area contributed by atoms with E-state index in [0.29, 0.717) is 12.2 Å². The summed E-state index contributed by atoms with van der Waals surface area (Å²) in [6.45, 7) is 0.370. The summed E-state index contributed by atoms with van der Waals surface area (Å²) >= 11 is 0. The van der Waals surface area contributed by atoms with Crippen molar-refractivity contribution >= 4 is 0 Å². The summed E-state index contributed by atoms with van der Waals surface area (Å²) < 4.78 is 13.3. The number of rotatable bonds is 2. The van der Waals surface area contributed by atoms with Crippen LogP contribution in [0, 0.1) is 5.82 Å². The monoisotopic (exact) mass is 192 g/mol. The molecule has 2 aromatic rings. The van der Waals surface area contributed by atoms with E-state index in [1.807, 2.05) is 0 Å². The predicted molar refractivity (Wildman–Crippen MR) is 49.2 cm³/mol. The summed E-state index contributed by atoms with van der Waals surface area (Å²) in [5.74, 6) is -0.363. The highest BCUT2D eigenvalue weighted by Crippen LogP contribution is 2.12. The number of benzene rings is 1. The summed E-state index contributed by atoms with van der Waals surface area (Å²) in [6.07, 6.45) is 2.99. The number of nitrogens with zero attached hydrogens (tertiary/aromatic N) is 3. The fraction of sp³-hybridized carbons (Fsp3) is 0.111. The fourth-order valence-corrected chi connectivity index (χ4v) is 1.18. The Morgan fingerprint density at radius 1 is 1.29 bits per heavy atom. The standard InChI is InChI=1S/C9H9FN4/c10-8-2-1-7(6-11)5-9(8)14-12-3-4-13-14/h1-5H,6,11H2. The smallest absolute Gasteiger partial charge is 0.150 e. The summed E-state index contributed by atoms with van der Waals surface area (Å²) in [7, 11) is 0. The summed E-state index contributed by atoms with van der Waals surface area (Å²) in [5, 5.41) is 7.69. The maximum atomic E-state index is 13.3. The maximum absolute atomic E-state index is 13.3. The molecule has 2 N–H and O–H groups in total. The Kier molecular flexibility index (Phi) is 2.24. The van der Waals surface area contributed by atoms with Crippen molar-refractivity contribution in [2.24, 2.45) is 5.73 Å². The fourth-order valence-electron chi connectivity index (χ4n) is 1.18. The van der Waals surface area contributed by atoms with Crippen molar-refractivity contribution in [3.63, 3.8) is 0 Å². The van der Waals surface area contributed by atoms with Crippen molar-refractivity contribution in [2.75, 3.05) is 0 Å². The lowest BCUT2D eigenvalue weighted by Gasteiger charge is -2.03. The number of aromatic nitrogens is 3. The van der Waals surface area contributed by atoms with Crippen molar-refractivity contribution in [3.05, 3.63) is 42.0 Å². The highest BCUT2D eigenvalue weighted by molar-refractivity contribution is 5.35. The molecule has 1 aromatic heterocycles. The number of halogens is 1. The van der Waals surface area contributed by atoms with Gasteiger partial charge in [-0.1, -0.05) is 6.07 Å². The van der Waals surface area contributed by atoms with Crippen molar-refractivity contribution in [2.45, 2.75) is 6.54 Å². The third-order valence-electron chi connectivity index (χ3n) is 1.88. The third-order valence-corrected chi connectivity index (χ3v) is 1.88. The van der Waals surface area contributed by atoms with Crippen molar-refractivity contribution in [1.29, 1.82) is 0 Å². The van der Waals surface area contributed by atoms with Gasteiger partial charge in [0.15, 0.2) is 5.82 Å². The lowest BCUT2D eigenvalue weighted by Crippen LogP contribution is -2.04. The molecule has 0 unspecified atom stereocenters. The molecule has 0 aliphatic heterocycles. The second-order valence-corrected chi connectivity index (χ2v) is 2.81. The Labute approximate surface area is 80.2 Å². The van der Waals surface area contributed by atoms with Gasteiger partial charge in [-0.2, -0.15) is 10.2 Å². The first kappa shape index (κ1) is 8.83. The van der Waals surface area contributed by atoms with Crippen LogP contribution in [0.2, 0.25) is 0 Å². The summed E-state index contributed by atoms with van der Waals surface area (Å²) in [4.78, 5) is 1.23. The first-order valence-corrected chi connectivity index (χ1v) is 4.16. The van der Waals surface area contributed by atoms with E-state index >= 15 is 0 Å². The van der Waals surface area contributed by atoms with Gasteiger partial charge in [-0.3, -0.25) is 0 Å². The van der Waals surface area contributed by atoms with Gasteiger partial charge in [0.25, 0.3) is 0 Å². The van der Waals surface area contributed by atoms with E-state index in [9.17, 15) is 4.39 Å². The average Bonchev–Trinajstić information content (AvgIpc) is 2.71. The van der Waals surface area contributed by atoms with Crippen LogP contribution in [0.15, 0.2) is 30.6 Å². The number of nitrogens with two attached hydrogens (primary N) is 1. The van der Waals surface area contributed by atoms with E-state index in [1.54, 1.807) is 12.1 Å². The lowest BCUT2D eigenvalue weighted by molar-refractivity contribution is 0.595. The molecule has 0 spiro atoms. The molecule has 0 fully saturated rings. The first-order valence-electron chi connectivity index (χ1n) is 4.16. The second kappa shape index (κ2) is 3.55. The van der Waals surface area contributed by atoms with Crippen molar-refractivity contribution < 1.29 is 4.39 Å². The van der Waals surface area contributed by atoms with Gasteiger partial charge in [-0.05, 0) is 17.7 Å². The number of hydrogen-bond donors (Lipinski definition) is 1. The summed E-state index contributed by atoms with van der Waals surface area (Å²) in [5.41, 5.74) is 6.61. The van der Waals surface area contributed by atoms with Gasteiger partial charge in [-0.15, -0.1) is 4.80 Å². The second-order valence-electron chi connectivity index (χ2n) is 2.81. The van der Waals surface area contributed by atoms with Crippen LogP contribution in [0.5, 0.6) is 0 Å². The Bertz CT molecular complexity index is 424. The molecule has 0 saturated heterocycles. The van der Waals surface area contributed by atoms with Gasteiger partial charge in [0.1, 0.15) is 5.69 Å². The Morgan fingerprint density at radius 2 is 2.00 bits per heavy atom. The number of hydrogen-bond acceptors (Lipinski definition) is 3.